The van der Waals surface area contributed by atoms with Crippen molar-refractivity contribution in [3.05, 3.63) is 54.0 Å². The molecule has 2 aliphatic rings. The summed E-state index contributed by atoms with van der Waals surface area (Å²) >= 11 is 5.54. The van der Waals surface area contributed by atoms with Crippen LogP contribution < -0.4 is 10.1 Å². The zero-order valence-corrected chi connectivity index (χ0v) is 16.1. The fourth-order valence-electron chi connectivity index (χ4n) is 3.61. The van der Waals surface area contributed by atoms with Crippen molar-refractivity contribution >= 4 is 23.2 Å². The molecule has 0 radical (unpaired) electrons. The molecule has 1 aromatic heterocycles. The molecular weight excluding hydrogens is 362 g/mol. The van der Waals surface area contributed by atoms with Crippen molar-refractivity contribution in [2.45, 2.75) is 31.2 Å². The van der Waals surface area contributed by atoms with E-state index < -0.39 is 5.41 Å². The summed E-state index contributed by atoms with van der Waals surface area (Å²) < 4.78 is 10.6. The maximum atomic E-state index is 13.4. The molecule has 0 unspecified atom stereocenters. The number of carbonyl (C=O) groups is 1. The molecule has 4 rings (SSSR count). The van der Waals surface area contributed by atoms with Crippen LogP contribution in [0.5, 0.6) is 5.75 Å². The van der Waals surface area contributed by atoms with E-state index >= 15 is 0 Å². The minimum atomic E-state index is -0.425. The van der Waals surface area contributed by atoms with Crippen LogP contribution in [0.4, 0.5) is 0 Å². The van der Waals surface area contributed by atoms with Crippen LogP contribution in [-0.2, 0) is 16.8 Å². The fraction of sp³-hybridized carbons (Fsp3) is 0.400. The van der Waals surface area contributed by atoms with E-state index in [1.807, 2.05) is 46.4 Å². The standard InChI is InChI=1S/C20H23N3O3S/c1-25-16-7-5-15(6-8-16)20(9-10-20)18(24)22-11-3-12-23(22)19(27)21-14-17-4-2-13-26-17/h2,4-8,13H,3,9-12,14H2,1H3,(H,21,27). The zero-order valence-electron chi connectivity index (χ0n) is 15.3. The molecule has 2 fully saturated rings. The van der Waals surface area contributed by atoms with E-state index in [4.69, 9.17) is 21.4 Å². The molecule has 1 aromatic carbocycles. The van der Waals surface area contributed by atoms with Gasteiger partial charge >= 0.3 is 0 Å². The Bertz CT molecular complexity index is 816. The Morgan fingerprint density at radius 3 is 2.59 bits per heavy atom. The van der Waals surface area contributed by atoms with Crippen molar-refractivity contribution in [1.29, 1.82) is 0 Å². The summed E-state index contributed by atoms with van der Waals surface area (Å²) in [6, 6.07) is 11.6. The van der Waals surface area contributed by atoms with Crippen molar-refractivity contribution in [2.75, 3.05) is 20.2 Å². The first-order chi connectivity index (χ1) is 13.1. The summed E-state index contributed by atoms with van der Waals surface area (Å²) in [5.74, 6) is 1.74. The topological polar surface area (TPSA) is 58.0 Å². The molecule has 7 heteroatoms. The van der Waals surface area contributed by atoms with E-state index in [9.17, 15) is 4.79 Å². The predicted octanol–water partition coefficient (Wildman–Crippen LogP) is 2.84. The summed E-state index contributed by atoms with van der Waals surface area (Å²) in [5.41, 5.74) is 0.625. The van der Waals surface area contributed by atoms with Crippen LogP contribution in [0, 0.1) is 0 Å². The molecule has 27 heavy (non-hydrogen) atoms. The minimum absolute atomic E-state index is 0.132. The molecular formula is C20H23N3O3S. The Labute approximate surface area is 164 Å². The lowest BCUT2D eigenvalue weighted by Crippen LogP contribution is -2.51. The zero-order chi connectivity index (χ0) is 18.9. The van der Waals surface area contributed by atoms with Gasteiger partial charge in [-0.25, -0.2) is 0 Å². The molecule has 0 spiro atoms. The molecule has 0 atom stereocenters. The third kappa shape index (κ3) is 3.39. The van der Waals surface area contributed by atoms with E-state index in [2.05, 4.69) is 5.32 Å². The van der Waals surface area contributed by atoms with Crippen molar-refractivity contribution in [3.63, 3.8) is 0 Å². The highest BCUT2D eigenvalue weighted by Gasteiger charge is 2.54. The number of hydrazine groups is 1. The van der Waals surface area contributed by atoms with Gasteiger partial charge in [0.2, 0.25) is 0 Å². The molecule has 6 nitrogen and oxygen atoms in total. The second-order valence-electron chi connectivity index (χ2n) is 6.95. The molecule has 0 bridgehead atoms. The van der Waals surface area contributed by atoms with E-state index in [-0.39, 0.29) is 5.91 Å². The third-order valence-electron chi connectivity index (χ3n) is 5.30. The van der Waals surface area contributed by atoms with Crippen LogP contribution in [-0.4, -0.2) is 41.2 Å². The van der Waals surface area contributed by atoms with Crippen molar-refractivity contribution in [2.24, 2.45) is 0 Å². The molecule has 1 amide bonds. The molecule has 1 N–H and O–H groups in total. The van der Waals surface area contributed by atoms with Crippen molar-refractivity contribution in [1.82, 2.24) is 15.3 Å². The van der Waals surface area contributed by atoms with Gasteiger partial charge in [0.1, 0.15) is 11.5 Å². The van der Waals surface area contributed by atoms with Crippen LogP contribution in [0.15, 0.2) is 47.1 Å². The molecule has 2 aromatic rings. The number of hydrogen-bond donors (Lipinski definition) is 1. The number of hydrogen-bond acceptors (Lipinski definition) is 4. The summed E-state index contributed by atoms with van der Waals surface area (Å²) in [6.45, 7) is 1.95. The Balaban J connectivity index is 1.46. The number of amides is 1. The molecule has 2 heterocycles. The van der Waals surface area contributed by atoms with Crippen molar-refractivity contribution < 1.29 is 13.9 Å². The SMILES string of the molecule is COc1ccc(C2(C(=O)N3CCCN3C(=S)NCc3ccco3)CC2)cc1. The van der Waals surface area contributed by atoms with Gasteiger partial charge in [-0.3, -0.25) is 14.8 Å². The largest absolute Gasteiger partial charge is 0.497 e. The maximum Gasteiger partial charge on any atom is 0.251 e. The number of ether oxygens (including phenoxy) is 1. The summed E-state index contributed by atoms with van der Waals surface area (Å²) in [5, 5.41) is 7.46. The maximum absolute atomic E-state index is 13.4. The lowest BCUT2D eigenvalue weighted by atomic mass is 9.94. The molecule has 1 saturated heterocycles. The van der Waals surface area contributed by atoms with Crippen LogP contribution in [0.3, 0.4) is 0 Å². The lowest BCUT2D eigenvalue weighted by molar-refractivity contribution is -0.141. The number of thiocarbonyl (C=S) groups is 1. The Morgan fingerprint density at radius 2 is 1.96 bits per heavy atom. The number of furan rings is 1. The smallest absolute Gasteiger partial charge is 0.251 e. The van der Waals surface area contributed by atoms with Crippen LogP contribution in [0.25, 0.3) is 0 Å². The minimum Gasteiger partial charge on any atom is -0.497 e. The summed E-state index contributed by atoms with van der Waals surface area (Å²) in [7, 11) is 1.64. The number of nitrogens with one attached hydrogen (secondary N) is 1. The van der Waals surface area contributed by atoms with E-state index in [1.54, 1.807) is 13.4 Å². The van der Waals surface area contributed by atoms with Gasteiger partial charge in [-0.05, 0) is 61.3 Å². The van der Waals surface area contributed by atoms with Crippen molar-refractivity contribution in [3.8, 4) is 5.75 Å². The van der Waals surface area contributed by atoms with E-state index in [1.165, 1.54) is 0 Å². The normalized spacial score (nSPS) is 17.7. The van der Waals surface area contributed by atoms with Gasteiger partial charge in [-0.15, -0.1) is 0 Å². The molecule has 1 aliphatic heterocycles. The van der Waals surface area contributed by atoms with Crippen LogP contribution in [0.2, 0.25) is 0 Å². The number of benzene rings is 1. The van der Waals surface area contributed by atoms with Crippen LogP contribution >= 0.6 is 12.2 Å². The second-order valence-corrected chi connectivity index (χ2v) is 7.34. The highest BCUT2D eigenvalue weighted by atomic mass is 32.1. The van der Waals surface area contributed by atoms with E-state index in [0.717, 1.165) is 42.9 Å². The van der Waals surface area contributed by atoms with Gasteiger partial charge < -0.3 is 14.5 Å². The Morgan fingerprint density at radius 1 is 1.22 bits per heavy atom. The average molecular weight is 385 g/mol. The Hall–Kier alpha value is -2.54. The molecule has 142 valence electrons. The first-order valence-corrected chi connectivity index (χ1v) is 9.59. The monoisotopic (exact) mass is 385 g/mol. The van der Waals surface area contributed by atoms with Gasteiger partial charge in [0, 0.05) is 13.1 Å². The second kappa shape index (κ2) is 7.23. The number of carbonyl (C=O) groups excluding carboxylic acids is 1. The predicted molar refractivity (Wildman–Crippen MR) is 105 cm³/mol. The lowest BCUT2D eigenvalue weighted by Gasteiger charge is -2.33. The van der Waals surface area contributed by atoms with Gasteiger partial charge in [-0.1, -0.05) is 12.1 Å². The number of nitrogens with zero attached hydrogens (tertiary/aromatic N) is 2. The third-order valence-corrected chi connectivity index (χ3v) is 5.65. The fourth-order valence-corrected chi connectivity index (χ4v) is 3.87. The quantitative estimate of drug-likeness (QED) is 0.799. The first kappa shape index (κ1) is 17.9. The van der Waals surface area contributed by atoms with Gasteiger partial charge in [0.05, 0.1) is 25.3 Å². The van der Waals surface area contributed by atoms with Gasteiger partial charge in [0.15, 0.2) is 5.11 Å². The van der Waals surface area contributed by atoms with E-state index in [0.29, 0.717) is 18.2 Å². The highest BCUT2D eigenvalue weighted by molar-refractivity contribution is 7.80. The summed E-state index contributed by atoms with van der Waals surface area (Å²) in [6.07, 6.45) is 4.29. The van der Waals surface area contributed by atoms with Gasteiger partial charge in [0.25, 0.3) is 5.91 Å². The first-order valence-electron chi connectivity index (χ1n) is 9.18. The number of methoxy groups -OCH3 is 1. The summed E-state index contributed by atoms with van der Waals surface area (Å²) in [4.78, 5) is 13.4. The average Bonchev–Trinajstić information content (AvgIpc) is 3.10. The highest BCUT2D eigenvalue weighted by Crippen LogP contribution is 2.50. The van der Waals surface area contributed by atoms with Gasteiger partial charge in [-0.2, -0.15) is 0 Å². The Kier molecular flexibility index (Phi) is 4.78. The molecule has 1 aliphatic carbocycles. The van der Waals surface area contributed by atoms with Crippen LogP contribution in [0.1, 0.15) is 30.6 Å². The molecule has 1 saturated carbocycles. The number of rotatable bonds is 5.